The Kier molecular flexibility index (Phi) is 4.77. The predicted octanol–water partition coefficient (Wildman–Crippen LogP) is 2.05. The molecule has 1 aromatic heterocycles. The van der Waals surface area contributed by atoms with Gasteiger partial charge < -0.3 is 10.6 Å². The average Bonchev–Trinajstić information content (AvgIpc) is 2.85. The van der Waals surface area contributed by atoms with Crippen molar-refractivity contribution < 1.29 is 17.9 Å². The number of thioether (sulfide) groups is 1. The summed E-state index contributed by atoms with van der Waals surface area (Å²) in [6.45, 7) is 0.241. The average molecular weight is 329 g/mol. The summed E-state index contributed by atoms with van der Waals surface area (Å²) in [5, 5.41) is 15.0. The Morgan fingerprint density at radius 2 is 1.95 bits per heavy atom. The van der Waals surface area contributed by atoms with Gasteiger partial charge in [0.05, 0.1) is 18.2 Å². The van der Waals surface area contributed by atoms with E-state index in [0.29, 0.717) is 21.7 Å². The van der Waals surface area contributed by atoms with Crippen LogP contribution >= 0.6 is 11.8 Å². The molecule has 0 amide bonds. The molecule has 0 radical (unpaired) electrons. The number of halogens is 3. The Hall–Kier alpha value is -2.41. The summed E-state index contributed by atoms with van der Waals surface area (Å²) in [6.07, 6.45) is -4.64. The highest BCUT2D eigenvalue weighted by Gasteiger charge is 2.38. The number of hydrogen-bond acceptors (Lipinski definition) is 6. The molecule has 0 bridgehead atoms. The minimum atomic E-state index is -4.64. The van der Waals surface area contributed by atoms with Crippen molar-refractivity contribution in [2.75, 3.05) is 18.2 Å². The zero-order chi connectivity index (χ0) is 16.2. The van der Waals surface area contributed by atoms with Crippen molar-refractivity contribution in [3.8, 4) is 11.8 Å². The number of ether oxygens (including phenoxy) is 1. The lowest BCUT2D eigenvalue weighted by Crippen LogP contribution is -2.21. The van der Waals surface area contributed by atoms with Crippen molar-refractivity contribution in [1.29, 1.82) is 5.26 Å². The van der Waals surface area contributed by atoms with Crippen LogP contribution in [0, 0.1) is 11.3 Å². The number of alkyl halides is 3. The van der Waals surface area contributed by atoms with E-state index in [9.17, 15) is 13.2 Å². The summed E-state index contributed by atoms with van der Waals surface area (Å²) < 4.78 is 43.2. The van der Waals surface area contributed by atoms with Crippen LogP contribution in [0.5, 0.6) is 5.75 Å². The molecule has 0 saturated carbocycles. The van der Waals surface area contributed by atoms with Gasteiger partial charge in [-0.25, -0.2) is 4.68 Å². The summed E-state index contributed by atoms with van der Waals surface area (Å²) in [4.78, 5) is 0. The van der Waals surface area contributed by atoms with E-state index < -0.39 is 12.0 Å². The third-order valence-electron chi connectivity index (χ3n) is 2.48. The van der Waals surface area contributed by atoms with Gasteiger partial charge in [0, 0.05) is 5.75 Å². The standard InChI is InChI=1S/C12H10F3N5OS/c13-12(14,15)10-18-19-11(20(10)17)22-6-5-21-9-3-1-8(7-16)2-4-9/h1-4H,5-6,17H2. The third kappa shape index (κ3) is 3.82. The summed E-state index contributed by atoms with van der Waals surface area (Å²) in [5.41, 5.74) is 0.512. The van der Waals surface area contributed by atoms with Gasteiger partial charge >= 0.3 is 6.18 Å². The first-order valence-electron chi connectivity index (χ1n) is 5.95. The molecular weight excluding hydrogens is 319 g/mol. The van der Waals surface area contributed by atoms with Gasteiger partial charge in [0.2, 0.25) is 5.16 Å². The number of nitrogen functional groups attached to an aromatic ring is 1. The molecule has 1 aromatic carbocycles. The van der Waals surface area contributed by atoms with Gasteiger partial charge in [-0.2, -0.15) is 18.4 Å². The Morgan fingerprint density at radius 1 is 1.27 bits per heavy atom. The van der Waals surface area contributed by atoms with Gasteiger partial charge in [0.25, 0.3) is 5.82 Å². The van der Waals surface area contributed by atoms with Crippen LogP contribution < -0.4 is 10.6 Å². The summed E-state index contributed by atoms with van der Waals surface area (Å²) in [6, 6.07) is 8.46. The maximum absolute atomic E-state index is 12.5. The Balaban J connectivity index is 1.84. The molecule has 6 nitrogen and oxygen atoms in total. The van der Waals surface area contributed by atoms with Crippen LogP contribution in [0.4, 0.5) is 13.2 Å². The van der Waals surface area contributed by atoms with Crippen LogP contribution in [0.2, 0.25) is 0 Å². The molecular formula is C12H10F3N5OS. The van der Waals surface area contributed by atoms with Crippen molar-refractivity contribution in [3.05, 3.63) is 35.7 Å². The van der Waals surface area contributed by atoms with Crippen molar-refractivity contribution in [3.63, 3.8) is 0 Å². The molecule has 0 atom stereocenters. The number of rotatable bonds is 5. The van der Waals surface area contributed by atoms with Crippen molar-refractivity contribution >= 4 is 11.8 Å². The van der Waals surface area contributed by atoms with Crippen LogP contribution in [0.25, 0.3) is 0 Å². The minimum absolute atomic E-state index is 0.0456. The van der Waals surface area contributed by atoms with E-state index in [1.54, 1.807) is 24.3 Å². The highest BCUT2D eigenvalue weighted by atomic mass is 32.2. The summed E-state index contributed by atoms with van der Waals surface area (Å²) >= 11 is 0.998. The fourth-order valence-electron chi connectivity index (χ4n) is 1.49. The second-order valence-corrected chi connectivity index (χ2v) is 5.07. The van der Waals surface area contributed by atoms with Gasteiger partial charge in [-0.15, -0.1) is 10.2 Å². The molecule has 116 valence electrons. The van der Waals surface area contributed by atoms with Crippen LogP contribution in [0.1, 0.15) is 11.4 Å². The zero-order valence-corrected chi connectivity index (χ0v) is 11.9. The number of nitriles is 1. The quantitative estimate of drug-likeness (QED) is 0.513. The van der Waals surface area contributed by atoms with E-state index in [0.717, 1.165) is 11.8 Å². The molecule has 0 aliphatic rings. The monoisotopic (exact) mass is 329 g/mol. The van der Waals surface area contributed by atoms with Gasteiger partial charge in [-0.3, -0.25) is 0 Å². The Labute approximate surface area is 127 Å². The predicted molar refractivity (Wildman–Crippen MR) is 72.6 cm³/mol. The summed E-state index contributed by atoms with van der Waals surface area (Å²) in [5.74, 6) is 4.95. The Morgan fingerprint density at radius 3 is 2.50 bits per heavy atom. The smallest absolute Gasteiger partial charge is 0.453 e. The SMILES string of the molecule is N#Cc1ccc(OCCSc2nnc(C(F)(F)F)n2N)cc1. The van der Waals surface area contributed by atoms with E-state index in [2.05, 4.69) is 10.2 Å². The van der Waals surface area contributed by atoms with Crippen molar-refractivity contribution in [1.82, 2.24) is 14.9 Å². The number of nitrogens with zero attached hydrogens (tertiary/aromatic N) is 4. The first kappa shape index (κ1) is 16.0. The van der Waals surface area contributed by atoms with Gasteiger partial charge in [0.1, 0.15) is 5.75 Å². The highest BCUT2D eigenvalue weighted by Crippen LogP contribution is 2.28. The maximum Gasteiger partial charge on any atom is 0.453 e. The normalized spacial score (nSPS) is 11.2. The molecule has 2 aromatic rings. The Bertz CT molecular complexity index is 678. The lowest BCUT2D eigenvalue weighted by molar-refractivity contribution is -0.146. The molecule has 0 unspecified atom stereocenters. The van der Waals surface area contributed by atoms with Gasteiger partial charge in [-0.05, 0) is 24.3 Å². The fourth-order valence-corrected chi connectivity index (χ4v) is 2.16. The highest BCUT2D eigenvalue weighted by molar-refractivity contribution is 7.99. The van der Waals surface area contributed by atoms with Crippen molar-refractivity contribution in [2.24, 2.45) is 0 Å². The molecule has 0 saturated heterocycles. The van der Waals surface area contributed by atoms with E-state index in [1.165, 1.54) is 0 Å². The van der Waals surface area contributed by atoms with E-state index in [-0.39, 0.29) is 11.8 Å². The second-order valence-electron chi connectivity index (χ2n) is 4.01. The fraction of sp³-hybridized carbons (Fsp3) is 0.250. The maximum atomic E-state index is 12.5. The third-order valence-corrected chi connectivity index (χ3v) is 3.39. The van der Waals surface area contributed by atoms with Gasteiger partial charge in [-0.1, -0.05) is 11.8 Å². The molecule has 2 N–H and O–H groups in total. The second kappa shape index (κ2) is 6.57. The molecule has 2 rings (SSSR count). The molecule has 10 heteroatoms. The number of hydrogen-bond donors (Lipinski definition) is 1. The van der Waals surface area contributed by atoms with E-state index >= 15 is 0 Å². The molecule has 22 heavy (non-hydrogen) atoms. The van der Waals surface area contributed by atoms with E-state index in [4.69, 9.17) is 15.8 Å². The largest absolute Gasteiger partial charge is 0.493 e. The summed E-state index contributed by atoms with van der Waals surface area (Å²) in [7, 11) is 0. The molecule has 1 heterocycles. The number of aromatic nitrogens is 3. The number of nitrogens with two attached hydrogens (primary N) is 1. The first-order valence-corrected chi connectivity index (χ1v) is 6.94. The van der Waals surface area contributed by atoms with Crippen LogP contribution in [0.15, 0.2) is 29.4 Å². The van der Waals surface area contributed by atoms with E-state index in [1.807, 2.05) is 6.07 Å². The number of benzene rings is 1. The lowest BCUT2D eigenvalue weighted by atomic mass is 10.2. The first-order chi connectivity index (χ1) is 10.4. The lowest BCUT2D eigenvalue weighted by Gasteiger charge is -2.07. The molecule has 0 aliphatic heterocycles. The molecule has 0 aliphatic carbocycles. The van der Waals surface area contributed by atoms with Crippen LogP contribution in [0.3, 0.4) is 0 Å². The topological polar surface area (TPSA) is 89.8 Å². The van der Waals surface area contributed by atoms with Crippen molar-refractivity contribution in [2.45, 2.75) is 11.3 Å². The zero-order valence-electron chi connectivity index (χ0n) is 11.0. The molecule has 0 fully saturated rings. The molecule has 0 spiro atoms. The van der Waals surface area contributed by atoms with Gasteiger partial charge in [0.15, 0.2) is 0 Å². The minimum Gasteiger partial charge on any atom is -0.493 e. The van der Waals surface area contributed by atoms with Crippen LogP contribution in [-0.2, 0) is 6.18 Å². The van der Waals surface area contributed by atoms with Crippen LogP contribution in [-0.4, -0.2) is 27.2 Å².